The molecule has 0 atom stereocenters. The molecule has 90 valence electrons. The summed E-state index contributed by atoms with van der Waals surface area (Å²) in [7, 11) is 1.71. The van der Waals surface area contributed by atoms with Gasteiger partial charge in [0, 0.05) is 19.8 Å². The van der Waals surface area contributed by atoms with Crippen molar-refractivity contribution < 1.29 is 4.79 Å². The van der Waals surface area contributed by atoms with Crippen LogP contribution in [0.5, 0.6) is 0 Å². The highest BCUT2D eigenvalue weighted by atomic mass is 16.2. The summed E-state index contributed by atoms with van der Waals surface area (Å²) in [6.07, 6.45) is 1.57. The quantitative estimate of drug-likeness (QED) is 0.876. The molecule has 0 bridgehead atoms. The van der Waals surface area contributed by atoms with Crippen LogP contribution in [0.3, 0.4) is 0 Å². The number of carbonyl (C=O) groups is 1. The van der Waals surface area contributed by atoms with Crippen molar-refractivity contribution in [3.63, 3.8) is 0 Å². The Morgan fingerprint density at radius 3 is 3.00 bits per heavy atom. The Kier molecular flexibility index (Phi) is 3.39. The summed E-state index contributed by atoms with van der Waals surface area (Å²) >= 11 is 0. The zero-order chi connectivity index (χ0) is 13.0. The average molecular weight is 240 g/mol. The van der Waals surface area contributed by atoms with Gasteiger partial charge in [0.2, 0.25) is 0 Å². The lowest BCUT2D eigenvalue weighted by Crippen LogP contribution is -2.25. The largest absolute Gasteiger partial charge is 0.347 e. The maximum atomic E-state index is 11.8. The van der Waals surface area contributed by atoms with Crippen molar-refractivity contribution in [1.82, 2.24) is 15.1 Å². The lowest BCUT2D eigenvalue weighted by atomic mass is 10.1. The van der Waals surface area contributed by atoms with Crippen LogP contribution in [0.1, 0.15) is 21.6 Å². The monoisotopic (exact) mass is 240 g/mol. The first-order valence-corrected chi connectivity index (χ1v) is 5.46. The maximum Gasteiger partial charge on any atom is 0.269 e. The first-order chi connectivity index (χ1) is 8.70. The molecule has 2 aromatic rings. The van der Waals surface area contributed by atoms with E-state index in [2.05, 4.69) is 16.5 Å². The van der Waals surface area contributed by atoms with Gasteiger partial charge in [0.25, 0.3) is 5.91 Å². The van der Waals surface area contributed by atoms with E-state index >= 15 is 0 Å². The molecule has 5 nitrogen and oxygen atoms in total. The second kappa shape index (κ2) is 5.15. The molecule has 0 radical (unpaired) electrons. The van der Waals surface area contributed by atoms with Crippen LogP contribution in [0, 0.1) is 11.3 Å². The summed E-state index contributed by atoms with van der Waals surface area (Å²) < 4.78 is 1.51. The lowest BCUT2D eigenvalue weighted by Gasteiger charge is -2.05. The highest BCUT2D eigenvalue weighted by Crippen LogP contribution is 2.04. The highest BCUT2D eigenvalue weighted by molar-refractivity contribution is 5.92. The molecule has 0 saturated carbocycles. The molecular formula is C13H12N4O. The van der Waals surface area contributed by atoms with E-state index in [1.165, 1.54) is 4.68 Å². The molecule has 5 heteroatoms. The van der Waals surface area contributed by atoms with Crippen molar-refractivity contribution >= 4 is 5.91 Å². The second-order valence-corrected chi connectivity index (χ2v) is 3.83. The van der Waals surface area contributed by atoms with Gasteiger partial charge in [0.05, 0.1) is 11.6 Å². The fourth-order valence-electron chi connectivity index (χ4n) is 1.62. The molecular weight excluding hydrogens is 228 g/mol. The molecule has 2 rings (SSSR count). The number of hydrogen-bond donors (Lipinski definition) is 1. The van der Waals surface area contributed by atoms with E-state index in [0.717, 1.165) is 5.56 Å². The first-order valence-electron chi connectivity index (χ1n) is 5.46. The van der Waals surface area contributed by atoms with E-state index < -0.39 is 0 Å². The van der Waals surface area contributed by atoms with Crippen molar-refractivity contribution in [3.05, 3.63) is 53.3 Å². The third-order valence-electron chi connectivity index (χ3n) is 2.56. The highest BCUT2D eigenvalue weighted by Gasteiger charge is 2.08. The molecule has 18 heavy (non-hydrogen) atoms. The lowest BCUT2D eigenvalue weighted by molar-refractivity contribution is 0.0941. The molecule has 0 aliphatic heterocycles. The van der Waals surface area contributed by atoms with Gasteiger partial charge in [-0.25, -0.2) is 0 Å². The van der Waals surface area contributed by atoms with Gasteiger partial charge >= 0.3 is 0 Å². The van der Waals surface area contributed by atoms with E-state index in [1.807, 2.05) is 6.07 Å². The number of carbonyl (C=O) groups excluding carboxylic acids is 1. The zero-order valence-corrected chi connectivity index (χ0v) is 9.92. The third-order valence-corrected chi connectivity index (χ3v) is 2.56. The smallest absolute Gasteiger partial charge is 0.269 e. The Morgan fingerprint density at radius 1 is 1.50 bits per heavy atom. The number of nitriles is 1. The fourth-order valence-corrected chi connectivity index (χ4v) is 1.62. The zero-order valence-electron chi connectivity index (χ0n) is 9.92. The molecule has 0 spiro atoms. The molecule has 0 fully saturated rings. The summed E-state index contributed by atoms with van der Waals surface area (Å²) in [6, 6.07) is 10.9. The van der Waals surface area contributed by atoms with Crippen LogP contribution >= 0.6 is 0 Å². The summed E-state index contributed by atoms with van der Waals surface area (Å²) in [6.45, 7) is 0.388. The number of nitrogens with one attached hydrogen (secondary N) is 1. The summed E-state index contributed by atoms with van der Waals surface area (Å²) in [5.74, 6) is -0.183. The van der Waals surface area contributed by atoms with Gasteiger partial charge in [-0.15, -0.1) is 0 Å². The summed E-state index contributed by atoms with van der Waals surface area (Å²) in [4.78, 5) is 11.8. The van der Waals surface area contributed by atoms with E-state index in [-0.39, 0.29) is 5.91 Å². The SMILES string of the molecule is Cn1nccc1C(=O)NCc1cccc(C#N)c1. The third kappa shape index (κ3) is 2.55. The topological polar surface area (TPSA) is 70.7 Å². The molecule has 0 saturated heterocycles. The minimum absolute atomic E-state index is 0.183. The molecule has 1 heterocycles. The Labute approximate surface area is 105 Å². The Hall–Kier alpha value is -2.61. The van der Waals surface area contributed by atoms with Gasteiger partial charge in [-0.1, -0.05) is 12.1 Å². The van der Waals surface area contributed by atoms with Crippen LogP contribution in [0.2, 0.25) is 0 Å². The van der Waals surface area contributed by atoms with Crippen LogP contribution in [-0.4, -0.2) is 15.7 Å². The van der Waals surface area contributed by atoms with Gasteiger partial charge in [-0.3, -0.25) is 9.48 Å². The minimum Gasteiger partial charge on any atom is -0.347 e. The molecule has 0 unspecified atom stereocenters. The van der Waals surface area contributed by atoms with Gasteiger partial charge in [-0.2, -0.15) is 10.4 Å². The van der Waals surface area contributed by atoms with Gasteiger partial charge < -0.3 is 5.32 Å². The number of benzene rings is 1. The number of amides is 1. The average Bonchev–Trinajstić information content (AvgIpc) is 2.82. The van der Waals surface area contributed by atoms with Gasteiger partial charge in [0.1, 0.15) is 5.69 Å². The number of aryl methyl sites for hydroxylation is 1. The Morgan fingerprint density at radius 2 is 2.33 bits per heavy atom. The first kappa shape index (κ1) is 11.9. The molecule has 1 N–H and O–H groups in total. The number of hydrogen-bond acceptors (Lipinski definition) is 3. The minimum atomic E-state index is -0.183. The van der Waals surface area contributed by atoms with Gasteiger partial charge in [-0.05, 0) is 23.8 Å². The molecule has 0 aliphatic rings. The predicted octanol–water partition coefficient (Wildman–Crippen LogP) is 1.22. The Balaban J connectivity index is 2.02. The van der Waals surface area contributed by atoms with Crippen molar-refractivity contribution in [3.8, 4) is 6.07 Å². The standard InChI is InChI=1S/C13H12N4O/c1-17-12(5-6-16-17)13(18)15-9-11-4-2-3-10(7-11)8-14/h2-7H,9H2,1H3,(H,15,18). The van der Waals surface area contributed by atoms with Crippen LogP contribution in [0.25, 0.3) is 0 Å². The Bertz CT molecular complexity index is 609. The predicted molar refractivity (Wildman–Crippen MR) is 65.5 cm³/mol. The van der Waals surface area contributed by atoms with E-state index in [4.69, 9.17) is 5.26 Å². The van der Waals surface area contributed by atoms with Crippen LogP contribution in [-0.2, 0) is 13.6 Å². The van der Waals surface area contributed by atoms with E-state index in [1.54, 1.807) is 37.5 Å². The maximum absolute atomic E-state index is 11.8. The van der Waals surface area contributed by atoms with Crippen LogP contribution in [0.4, 0.5) is 0 Å². The van der Waals surface area contributed by atoms with Crippen molar-refractivity contribution in [1.29, 1.82) is 5.26 Å². The van der Waals surface area contributed by atoms with Crippen molar-refractivity contribution in [2.45, 2.75) is 6.54 Å². The normalized spacial score (nSPS) is 9.78. The number of aromatic nitrogens is 2. The number of nitrogens with zero attached hydrogens (tertiary/aromatic N) is 3. The molecule has 1 aromatic heterocycles. The van der Waals surface area contributed by atoms with Crippen LogP contribution < -0.4 is 5.32 Å². The van der Waals surface area contributed by atoms with E-state index in [9.17, 15) is 4.79 Å². The molecule has 1 amide bonds. The van der Waals surface area contributed by atoms with E-state index in [0.29, 0.717) is 17.8 Å². The second-order valence-electron chi connectivity index (χ2n) is 3.83. The van der Waals surface area contributed by atoms with Crippen molar-refractivity contribution in [2.24, 2.45) is 7.05 Å². The van der Waals surface area contributed by atoms with Crippen LogP contribution in [0.15, 0.2) is 36.5 Å². The molecule has 1 aromatic carbocycles. The fraction of sp³-hybridized carbons (Fsp3) is 0.154. The number of rotatable bonds is 3. The van der Waals surface area contributed by atoms with Crippen molar-refractivity contribution in [2.75, 3.05) is 0 Å². The molecule has 0 aliphatic carbocycles. The van der Waals surface area contributed by atoms with Gasteiger partial charge in [0.15, 0.2) is 0 Å². The summed E-state index contributed by atoms with van der Waals surface area (Å²) in [5, 5.41) is 15.5. The summed E-state index contributed by atoms with van der Waals surface area (Å²) in [5.41, 5.74) is 1.98.